The molecule has 0 atom stereocenters. The van der Waals surface area contributed by atoms with Crippen LogP contribution in [0.5, 0.6) is 0 Å². The van der Waals surface area contributed by atoms with Gasteiger partial charge in [-0.3, -0.25) is 14.6 Å². The van der Waals surface area contributed by atoms with E-state index in [4.69, 9.17) is 0 Å². The van der Waals surface area contributed by atoms with E-state index in [1.165, 1.54) is 11.8 Å². The van der Waals surface area contributed by atoms with E-state index in [0.29, 0.717) is 12.2 Å². The number of rotatable bonds is 5. The van der Waals surface area contributed by atoms with Crippen LogP contribution in [0, 0.1) is 6.92 Å². The summed E-state index contributed by atoms with van der Waals surface area (Å²) in [6.45, 7) is 3.77. The van der Waals surface area contributed by atoms with Gasteiger partial charge in [0.1, 0.15) is 6.54 Å². The van der Waals surface area contributed by atoms with Gasteiger partial charge >= 0.3 is 0 Å². The number of amides is 2. The number of nitrogens with one attached hydrogen (secondary N) is 1. The van der Waals surface area contributed by atoms with Gasteiger partial charge in [0.05, 0.1) is 5.69 Å². The molecule has 0 fully saturated rings. The van der Waals surface area contributed by atoms with Gasteiger partial charge in [-0.25, -0.2) is 0 Å². The van der Waals surface area contributed by atoms with Gasteiger partial charge in [0.25, 0.3) is 0 Å². The standard InChI is InChI=1S/C17H18BrN3O2/c1-12-5-6-16(15(18)8-12)20-17(23)11-21(13(2)22)10-14-4-3-7-19-9-14/h3-9H,10-11H2,1-2H3,(H,20,23). The predicted molar refractivity (Wildman–Crippen MR) is 92.8 cm³/mol. The molecule has 2 amide bonds. The van der Waals surface area contributed by atoms with Crippen molar-refractivity contribution in [1.29, 1.82) is 0 Å². The van der Waals surface area contributed by atoms with Crippen LogP contribution in [0.2, 0.25) is 0 Å². The highest BCUT2D eigenvalue weighted by molar-refractivity contribution is 9.10. The fourth-order valence-electron chi connectivity index (χ4n) is 2.08. The van der Waals surface area contributed by atoms with Crippen LogP contribution < -0.4 is 5.32 Å². The molecule has 5 nitrogen and oxygen atoms in total. The molecule has 0 aliphatic carbocycles. The van der Waals surface area contributed by atoms with Crippen LogP contribution in [0.1, 0.15) is 18.1 Å². The SMILES string of the molecule is CC(=O)N(CC(=O)Nc1ccc(C)cc1Br)Cc1cccnc1. The van der Waals surface area contributed by atoms with Crippen LogP contribution in [0.25, 0.3) is 0 Å². The number of hydrogen-bond donors (Lipinski definition) is 1. The number of pyridine rings is 1. The largest absolute Gasteiger partial charge is 0.329 e. The van der Waals surface area contributed by atoms with E-state index in [9.17, 15) is 9.59 Å². The third kappa shape index (κ3) is 5.17. The molecule has 1 aromatic heterocycles. The van der Waals surface area contributed by atoms with Gasteiger partial charge in [-0.15, -0.1) is 0 Å². The second-order valence-corrected chi connectivity index (χ2v) is 6.12. The fraction of sp³-hybridized carbons (Fsp3) is 0.235. The van der Waals surface area contributed by atoms with E-state index in [-0.39, 0.29) is 18.4 Å². The van der Waals surface area contributed by atoms with Crippen molar-refractivity contribution in [3.05, 3.63) is 58.3 Å². The maximum atomic E-state index is 12.2. The molecule has 1 aromatic carbocycles. The number of nitrogens with zero attached hydrogens (tertiary/aromatic N) is 2. The molecule has 0 spiro atoms. The summed E-state index contributed by atoms with van der Waals surface area (Å²) in [5.41, 5.74) is 2.66. The summed E-state index contributed by atoms with van der Waals surface area (Å²) in [4.78, 5) is 29.5. The summed E-state index contributed by atoms with van der Waals surface area (Å²) < 4.78 is 0.812. The first-order chi connectivity index (χ1) is 11.0. The Bertz CT molecular complexity index is 704. The summed E-state index contributed by atoms with van der Waals surface area (Å²) in [6, 6.07) is 9.35. The fourth-order valence-corrected chi connectivity index (χ4v) is 2.67. The molecule has 6 heteroatoms. The molecule has 1 heterocycles. The number of halogens is 1. The lowest BCUT2D eigenvalue weighted by molar-refractivity contribution is -0.133. The van der Waals surface area contributed by atoms with Crippen LogP contribution in [0.4, 0.5) is 5.69 Å². The molecule has 2 rings (SSSR count). The highest BCUT2D eigenvalue weighted by atomic mass is 79.9. The minimum absolute atomic E-state index is 0.00938. The van der Waals surface area contributed by atoms with E-state index in [2.05, 4.69) is 26.2 Å². The average Bonchev–Trinajstić information content (AvgIpc) is 2.50. The van der Waals surface area contributed by atoms with E-state index in [1.54, 1.807) is 18.5 Å². The summed E-state index contributed by atoms with van der Waals surface area (Å²) in [7, 11) is 0. The molecule has 23 heavy (non-hydrogen) atoms. The molecule has 0 radical (unpaired) electrons. The lowest BCUT2D eigenvalue weighted by atomic mass is 10.2. The quantitative estimate of drug-likeness (QED) is 0.872. The number of aromatic nitrogens is 1. The number of aryl methyl sites for hydroxylation is 1. The first-order valence-corrected chi connectivity index (χ1v) is 7.95. The highest BCUT2D eigenvalue weighted by Crippen LogP contribution is 2.23. The zero-order valence-corrected chi connectivity index (χ0v) is 14.6. The van der Waals surface area contributed by atoms with Crippen molar-refractivity contribution in [2.24, 2.45) is 0 Å². The topological polar surface area (TPSA) is 62.3 Å². The van der Waals surface area contributed by atoms with E-state index >= 15 is 0 Å². The zero-order valence-electron chi connectivity index (χ0n) is 13.0. The molecule has 0 saturated heterocycles. The van der Waals surface area contributed by atoms with Crippen molar-refractivity contribution < 1.29 is 9.59 Å². The van der Waals surface area contributed by atoms with Crippen LogP contribution in [-0.4, -0.2) is 28.2 Å². The normalized spacial score (nSPS) is 10.2. The third-order valence-electron chi connectivity index (χ3n) is 3.27. The minimum atomic E-state index is -0.242. The Balaban J connectivity index is 2.02. The van der Waals surface area contributed by atoms with Gasteiger partial charge in [0.2, 0.25) is 11.8 Å². The van der Waals surface area contributed by atoms with Crippen molar-refractivity contribution in [3.63, 3.8) is 0 Å². The number of carbonyl (C=O) groups excluding carboxylic acids is 2. The summed E-state index contributed by atoms with van der Waals surface area (Å²) in [6.07, 6.45) is 3.35. The maximum absolute atomic E-state index is 12.2. The van der Waals surface area contributed by atoms with E-state index < -0.39 is 0 Å². The van der Waals surface area contributed by atoms with Crippen molar-refractivity contribution in [2.75, 3.05) is 11.9 Å². The predicted octanol–water partition coefficient (Wildman–Crippen LogP) is 3.14. The molecule has 0 aliphatic rings. The number of hydrogen-bond acceptors (Lipinski definition) is 3. The van der Waals surface area contributed by atoms with Crippen molar-refractivity contribution >= 4 is 33.4 Å². The Morgan fingerprint density at radius 2 is 2.09 bits per heavy atom. The Labute approximate surface area is 143 Å². The molecule has 1 N–H and O–H groups in total. The zero-order chi connectivity index (χ0) is 16.8. The minimum Gasteiger partial charge on any atom is -0.329 e. The van der Waals surface area contributed by atoms with Gasteiger partial charge in [-0.1, -0.05) is 12.1 Å². The van der Waals surface area contributed by atoms with Crippen molar-refractivity contribution in [3.8, 4) is 0 Å². The van der Waals surface area contributed by atoms with Gasteiger partial charge in [-0.05, 0) is 52.2 Å². The summed E-state index contributed by atoms with van der Waals surface area (Å²) in [5, 5.41) is 2.81. The van der Waals surface area contributed by atoms with Crippen LogP contribution >= 0.6 is 15.9 Å². The average molecular weight is 376 g/mol. The van der Waals surface area contributed by atoms with Crippen molar-refractivity contribution in [2.45, 2.75) is 20.4 Å². The van der Waals surface area contributed by atoms with Crippen LogP contribution in [-0.2, 0) is 16.1 Å². The molecule has 2 aromatic rings. The second-order valence-electron chi connectivity index (χ2n) is 5.27. The Kier molecular flexibility index (Phi) is 5.87. The first kappa shape index (κ1) is 17.1. The lowest BCUT2D eigenvalue weighted by Gasteiger charge is -2.20. The number of benzene rings is 1. The number of carbonyl (C=O) groups is 2. The smallest absolute Gasteiger partial charge is 0.244 e. The van der Waals surface area contributed by atoms with Gasteiger partial charge in [-0.2, -0.15) is 0 Å². The van der Waals surface area contributed by atoms with Crippen LogP contribution in [0.15, 0.2) is 47.2 Å². The Morgan fingerprint density at radius 1 is 1.30 bits per heavy atom. The van der Waals surface area contributed by atoms with Crippen molar-refractivity contribution in [1.82, 2.24) is 9.88 Å². The van der Waals surface area contributed by atoms with Crippen LogP contribution in [0.3, 0.4) is 0 Å². The third-order valence-corrected chi connectivity index (χ3v) is 3.93. The Morgan fingerprint density at radius 3 is 2.70 bits per heavy atom. The summed E-state index contributed by atoms with van der Waals surface area (Å²) in [5.74, 6) is -0.402. The lowest BCUT2D eigenvalue weighted by Crippen LogP contribution is -2.36. The van der Waals surface area contributed by atoms with Gasteiger partial charge in [0.15, 0.2) is 0 Å². The Hall–Kier alpha value is -2.21. The molecule has 0 bridgehead atoms. The molecule has 0 saturated carbocycles. The summed E-state index contributed by atoms with van der Waals surface area (Å²) >= 11 is 3.42. The maximum Gasteiger partial charge on any atom is 0.244 e. The van der Waals surface area contributed by atoms with Gasteiger partial charge < -0.3 is 10.2 Å². The molecule has 120 valence electrons. The van der Waals surface area contributed by atoms with Gasteiger partial charge in [0, 0.05) is 30.3 Å². The molecule has 0 unspecified atom stereocenters. The number of anilines is 1. The molecule has 0 aliphatic heterocycles. The highest BCUT2D eigenvalue weighted by Gasteiger charge is 2.15. The second kappa shape index (κ2) is 7.87. The van der Waals surface area contributed by atoms with E-state index in [1.807, 2.05) is 31.2 Å². The monoisotopic (exact) mass is 375 g/mol. The van der Waals surface area contributed by atoms with E-state index in [0.717, 1.165) is 15.6 Å². The first-order valence-electron chi connectivity index (χ1n) is 7.16. The molecular formula is C17H18BrN3O2. The molecular weight excluding hydrogens is 358 g/mol.